The molecule has 3 heterocycles. The molecule has 1 atom stereocenters. The summed E-state index contributed by atoms with van der Waals surface area (Å²) in [6, 6.07) is 20.9. The van der Waals surface area contributed by atoms with Gasteiger partial charge < -0.3 is 19.2 Å². The Kier molecular flexibility index (Phi) is 6.36. The van der Waals surface area contributed by atoms with Gasteiger partial charge in [-0.15, -0.1) is 0 Å². The third-order valence-electron chi connectivity index (χ3n) is 6.07. The zero-order valence-electron chi connectivity index (χ0n) is 19.6. The Balaban J connectivity index is 1.43. The highest BCUT2D eigenvalue weighted by Crippen LogP contribution is 2.40. The summed E-state index contributed by atoms with van der Waals surface area (Å²) in [5.74, 6) is -0.718. The lowest BCUT2D eigenvalue weighted by atomic mass is 9.99. The molecular weight excluding hydrogens is 456 g/mol. The highest BCUT2D eigenvalue weighted by atomic mass is 16.5. The molecule has 1 aliphatic heterocycles. The number of Topliss-reactive ketones (excluding diaryl/α,β-unsaturated/α-hetero) is 1. The van der Waals surface area contributed by atoms with Crippen LogP contribution in [0.15, 0.2) is 101 Å². The SMILES string of the molecule is Cc1cccc(COc2ccc(/C(O)=C3\C(=O)C(=O)N(Cc4ccncc4)[C@@H]3c3ccco3)cc2)c1. The van der Waals surface area contributed by atoms with Crippen LogP contribution in [0.4, 0.5) is 0 Å². The average molecular weight is 481 g/mol. The Labute approximate surface area is 208 Å². The van der Waals surface area contributed by atoms with Crippen molar-refractivity contribution in [2.45, 2.75) is 26.1 Å². The Bertz CT molecular complexity index is 1410. The minimum Gasteiger partial charge on any atom is -0.507 e. The van der Waals surface area contributed by atoms with Crippen molar-refractivity contribution in [2.24, 2.45) is 0 Å². The third-order valence-corrected chi connectivity index (χ3v) is 6.07. The molecule has 5 rings (SSSR count). The molecule has 1 amide bonds. The van der Waals surface area contributed by atoms with E-state index in [2.05, 4.69) is 11.1 Å². The van der Waals surface area contributed by atoms with Crippen LogP contribution in [0.1, 0.15) is 34.1 Å². The van der Waals surface area contributed by atoms with E-state index in [1.807, 2.05) is 25.1 Å². The number of amides is 1. The number of pyridine rings is 1. The van der Waals surface area contributed by atoms with Crippen molar-refractivity contribution in [2.75, 3.05) is 0 Å². The van der Waals surface area contributed by atoms with Gasteiger partial charge in [0, 0.05) is 24.5 Å². The second-order valence-electron chi connectivity index (χ2n) is 8.60. The van der Waals surface area contributed by atoms with Crippen LogP contribution < -0.4 is 4.74 Å². The zero-order valence-corrected chi connectivity index (χ0v) is 19.6. The van der Waals surface area contributed by atoms with Gasteiger partial charge in [-0.1, -0.05) is 29.8 Å². The lowest BCUT2D eigenvalue weighted by Crippen LogP contribution is -2.29. The number of aromatic nitrogens is 1. The zero-order chi connectivity index (χ0) is 25.1. The van der Waals surface area contributed by atoms with E-state index < -0.39 is 17.7 Å². The summed E-state index contributed by atoms with van der Waals surface area (Å²) in [6.45, 7) is 2.60. The molecule has 7 heteroatoms. The van der Waals surface area contributed by atoms with Crippen LogP contribution in [0.2, 0.25) is 0 Å². The van der Waals surface area contributed by atoms with Crippen LogP contribution in [0.3, 0.4) is 0 Å². The largest absolute Gasteiger partial charge is 0.507 e. The van der Waals surface area contributed by atoms with Gasteiger partial charge in [-0.3, -0.25) is 14.6 Å². The van der Waals surface area contributed by atoms with E-state index in [1.54, 1.807) is 60.9 Å². The number of aryl methyl sites for hydroxylation is 1. The van der Waals surface area contributed by atoms with E-state index in [1.165, 1.54) is 11.2 Å². The fourth-order valence-electron chi connectivity index (χ4n) is 4.30. The van der Waals surface area contributed by atoms with E-state index in [0.29, 0.717) is 23.7 Å². The summed E-state index contributed by atoms with van der Waals surface area (Å²) < 4.78 is 11.4. The van der Waals surface area contributed by atoms with Gasteiger partial charge in [0.2, 0.25) is 0 Å². The van der Waals surface area contributed by atoms with Crippen molar-refractivity contribution in [1.82, 2.24) is 9.88 Å². The molecule has 1 saturated heterocycles. The number of carbonyl (C=O) groups is 2. The molecule has 2 aromatic carbocycles. The van der Waals surface area contributed by atoms with E-state index >= 15 is 0 Å². The number of ketones is 1. The van der Waals surface area contributed by atoms with E-state index in [-0.39, 0.29) is 17.9 Å². The van der Waals surface area contributed by atoms with Gasteiger partial charge in [0.05, 0.1) is 11.8 Å². The maximum Gasteiger partial charge on any atom is 0.296 e. The number of benzene rings is 2. The van der Waals surface area contributed by atoms with Crippen LogP contribution in [-0.2, 0) is 22.7 Å². The quantitative estimate of drug-likeness (QED) is 0.222. The van der Waals surface area contributed by atoms with Gasteiger partial charge in [0.1, 0.15) is 29.9 Å². The smallest absolute Gasteiger partial charge is 0.296 e. The number of rotatable bonds is 7. The number of likely N-dealkylation sites (tertiary alicyclic amines) is 1. The first-order chi connectivity index (χ1) is 17.5. The Hall–Kier alpha value is -4.65. The van der Waals surface area contributed by atoms with Crippen molar-refractivity contribution in [1.29, 1.82) is 0 Å². The molecule has 0 radical (unpaired) electrons. The normalized spacial score (nSPS) is 16.9. The summed E-state index contributed by atoms with van der Waals surface area (Å²) in [5.41, 5.74) is 3.39. The Morgan fingerprint density at radius 2 is 1.78 bits per heavy atom. The van der Waals surface area contributed by atoms with Crippen molar-refractivity contribution in [3.05, 3.63) is 125 Å². The molecule has 2 aromatic heterocycles. The van der Waals surface area contributed by atoms with Gasteiger partial charge >= 0.3 is 0 Å². The number of aliphatic hydroxyl groups excluding tert-OH is 1. The van der Waals surface area contributed by atoms with E-state index in [0.717, 1.165) is 16.7 Å². The lowest BCUT2D eigenvalue weighted by molar-refractivity contribution is -0.140. The molecule has 1 N–H and O–H groups in total. The number of ether oxygens (including phenoxy) is 1. The molecule has 0 aliphatic carbocycles. The minimum absolute atomic E-state index is 0.0163. The number of hydrogen-bond acceptors (Lipinski definition) is 6. The predicted octanol–water partition coefficient (Wildman–Crippen LogP) is 5.18. The number of nitrogens with zero attached hydrogens (tertiary/aromatic N) is 2. The summed E-state index contributed by atoms with van der Waals surface area (Å²) in [7, 11) is 0. The fraction of sp³-hybridized carbons (Fsp3) is 0.138. The minimum atomic E-state index is -0.856. The van der Waals surface area contributed by atoms with Gasteiger partial charge in [0.25, 0.3) is 11.7 Å². The third kappa shape index (κ3) is 4.63. The molecule has 1 fully saturated rings. The summed E-state index contributed by atoms with van der Waals surface area (Å²) >= 11 is 0. The number of aliphatic hydroxyl groups is 1. The second-order valence-corrected chi connectivity index (χ2v) is 8.60. The van der Waals surface area contributed by atoms with Gasteiger partial charge in [-0.05, 0) is 66.6 Å². The van der Waals surface area contributed by atoms with Crippen LogP contribution in [0, 0.1) is 6.92 Å². The number of carbonyl (C=O) groups excluding carboxylic acids is 2. The average Bonchev–Trinajstić information content (AvgIpc) is 3.51. The molecule has 36 heavy (non-hydrogen) atoms. The van der Waals surface area contributed by atoms with Crippen molar-refractivity contribution >= 4 is 17.4 Å². The predicted molar refractivity (Wildman–Crippen MR) is 133 cm³/mol. The molecule has 0 unspecified atom stereocenters. The van der Waals surface area contributed by atoms with Gasteiger partial charge in [-0.2, -0.15) is 0 Å². The molecular formula is C29H24N2O5. The first-order valence-corrected chi connectivity index (χ1v) is 11.5. The summed E-state index contributed by atoms with van der Waals surface area (Å²) in [6.07, 6.45) is 4.72. The molecule has 0 spiro atoms. The second kappa shape index (κ2) is 9.92. The van der Waals surface area contributed by atoms with Crippen LogP contribution in [0.25, 0.3) is 5.76 Å². The van der Waals surface area contributed by atoms with Crippen LogP contribution >= 0.6 is 0 Å². The van der Waals surface area contributed by atoms with Crippen molar-refractivity contribution in [3.63, 3.8) is 0 Å². The summed E-state index contributed by atoms with van der Waals surface area (Å²) in [4.78, 5) is 31.5. The standard InChI is InChI=1S/C29H24N2O5/c1-19-4-2-5-21(16-19)18-36-23-9-7-22(8-10-23)27(32)25-26(24-6-3-15-35-24)31(29(34)28(25)33)17-20-11-13-30-14-12-20/h2-16,26,32H,17-18H2,1H3/b27-25+/t26-/m1/s1. The first-order valence-electron chi connectivity index (χ1n) is 11.5. The Morgan fingerprint density at radius 3 is 2.47 bits per heavy atom. The first kappa shape index (κ1) is 23.1. The van der Waals surface area contributed by atoms with Crippen LogP contribution in [-0.4, -0.2) is 26.7 Å². The van der Waals surface area contributed by atoms with Gasteiger partial charge in [0.15, 0.2) is 0 Å². The highest BCUT2D eigenvalue weighted by molar-refractivity contribution is 6.46. The fourth-order valence-corrected chi connectivity index (χ4v) is 4.30. The number of hydrogen-bond donors (Lipinski definition) is 1. The van der Waals surface area contributed by atoms with Crippen LogP contribution in [0.5, 0.6) is 5.75 Å². The molecule has 180 valence electrons. The summed E-state index contributed by atoms with van der Waals surface area (Å²) in [5, 5.41) is 11.2. The maximum absolute atomic E-state index is 13.1. The van der Waals surface area contributed by atoms with E-state index in [4.69, 9.17) is 9.15 Å². The maximum atomic E-state index is 13.1. The topological polar surface area (TPSA) is 92.9 Å². The monoisotopic (exact) mass is 480 g/mol. The van der Waals surface area contributed by atoms with E-state index in [9.17, 15) is 14.7 Å². The highest BCUT2D eigenvalue weighted by Gasteiger charge is 2.47. The Morgan fingerprint density at radius 1 is 1.00 bits per heavy atom. The molecule has 7 nitrogen and oxygen atoms in total. The number of furan rings is 1. The molecule has 0 saturated carbocycles. The van der Waals surface area contributed by atoms with Crippen molar-refractivity contribution in [3.8, 4) is 5.75 Å². The molecule has 1 aliphatic rings. The van der Waals surface area contributed by atoms with Gasteiger partial charge in [-0.25, -0.2) is 0 Å². The van der Waals surface area contributed by atoms with Crippen molar-refractivity contribution < 1.29 is 23.8 Å². The molecule has 4 aromatic rings. The lowest BCUT2D eigenvalue weighted by Gasteiger charge is -2.23. The molecule has 0 bridgehead atoms.